The molecule has 20 heavy (non-hydrogen) atoms. The summed E-state index contributed by atoms with van der Waals surface area (Å²) in [5.74, 6) is -0.0720. The highest BCUT2D eigenvalue weighted by Crippen LogP contribution is 2.32. The molecule has 0 aliphatic carbocycles. The molecule has 1 N–H and O–H groups in total. The summed E-state index contributed by atoms with van der Waals surface area (Å²) in [7, 11) is 0. The molecule has 0 saturated heterocycles. The minimum atomic E-state index is -0.526. The van der Waals surface area contributed by atoms with E-state index in [9.17, 15) is 9.90 Å². The molecule has 0 saturated carbocycles. The van der Waals surface area contributed by atoms with E-state index in [-0.39, 0.29) is 5.90 Å². The molecular weight excluding hydrogens is 367 g/mol. The summed E-state index contributed by atoms with van der Waals surface area (Å²) in [6, 6.07) is 14.4. The van der Waals surface area contributed by atoms with Gasteiger partial charge in [-0.2, -0.15) is 0 Å². The molecule has 1 atom stereocenters. The van der Waals surface area contributed by atoms with Gasteiger partial charge in [-0.1, -0.05) is 18.2 Å². The van der Waals surface area contributed by atoms with Crippen molar-refractivity contribution in [3.63, 3.8) is 0 Å². The molecule has 1 aliphatic heterocycles. The van der Waals surface area contributed by atoms with Crippen LogP contribution in [0.25, 0.3) is 0 Å². The average molecular weight is 378 g/mol. The van der Waals surface area contributed by atoms with Crippen LogP contribution in [0.1, 0.15) is 17.2 Å². The van der Waals surface area contributed by atoms with Crippen molar-refractivity contribution in [3.05, 3.63) is 63.2 Å². The summed E-state index contributed by atoms with van der Waals surface area (Å²) in [5.41, 5.74) is 2.13. The van der Waals surface area contributed by atoms with Gasteiger partial charge in [0.05, 0.1) is 5.69 Å². The summed E-state index contributed by atoms with van der Waals surface area (Å²) in [5, 5.41) is 15.7. The van der Waals surface area contributed by atoms with Crippen molar-refractivity contribution >= 4 is 40.5 Å². The van der Waals surface area contributed by atoms with Crippen molar-refractivity contribution in [2.45, 2.75) is 6.04 Å². The van der Waals surface area contributed by atoms with E-state index < -0.39 is 6.04 Å². The SMILES string of the molecule is O=CC1c2ccccc2C(O)=NN1c1ccc(I)cc1. The van der Waals surface area contributed by atoms with E-state index in [0.29, 0.717) is 5.56 Å². The number of aliphatic hydroxyl groups is 1. The quantitative estimate of drug-likeness (QED) is 0.645. The number of hydrazone groups is 1. The predicted molar refractivity (Wildman–Crippen MR) is 86.1 cm³/mol. The van der Waals surface area contributed by atoms with Crippen LogP contribution in [-0.4, -0.2) is 17.3 Å². The number of rotatable bonds is 2. The first-order chi connectivity index (χ1) is 9.70. The first-order valence-electron chi connectivity index (χ1n) is 6.07. The van der Waals surface area contributed by atoms with Crippen LogP contribution in [0.5, 0.6) is 0 Å². The molecule has 2 aromatic carbocycles. The lowest BCUT2D eigenvalue weighted by Crippen LogP contribution is -2.32. The van der Waals surface area contributed by atoms with Gasteiger partial charge in [0, 0.05) is 9.13 Å². The smallest absolute Gasteiger partial charge is 0.236 e. The second-order valence-corrected chi connectivity index (χ2v) is 5.66. The van der Waals surface area contributed by atoms with Gasteiger partial charge in [0.2, 0.25) is 5.90 Å². The van der Waals surface area contributed by atoms with E-state index >= 15 is 0 Å². The Kier molecular flexibility index (Phi) is 3.43. The molecule has 100 valence electrons. The number of halogens is 1. The Morgan fingerprint density at radius 3 is 2.55 bits per heavy atom. The molecule has 0 fully saturated rings. The summed E-state index contributed by atoms with van der Waals surface area (Å²) in [6.07, 6.45) is 0.840. The third kappa shape index (κ3) is 2.18. The lowest BCUT2D eigenvalue weighted by Gasteiger charge is -2.30. The minimum Gasteiger partial charge on any atom is -0.492 e. The molecule has 5 heteroatoms. The monoisotopic (exact) mass is 378 g/mol. The van der Waals surface area contributed by atoms with Crippen molar-refractivity contribution in [1.29, 1.82) is 0 Å². The molecule has 2 aromatic rings. The number of fused-ring (bicyclic) bond motifs is 1. The minimum absolute atomic E-state index is 0.0720. The fraction of sp³-hybridized carbons (Fsp3) is 0.0667. The van der Waals surface area contributed by atoms with Gasteiger partial charge < -0.3 is 9.90 Å². The van der Waals surface area contributed by atoms with Gasteiger partial charge in [-0.05, 0) is 58.5 Å². The lowest BCUT2D eigenvalue weighted by atomic mass is 9.99. The second kappa shape index (κ2) is 5.24. The Morgan fingerprint density at radius 2 is 1.85 bits per heavy atom. The number of hydrogen-bond donors (Lipinski definition) is 1. The van der Waals surface area contributed by atoms with Crippen LogP contribution in [0.15, 0.2) is 53.6 Å². The molecule has 1 heterocycles. The van der Waals surface area contributed by atoms with E-state index in [1.54, 1.807) is 11.1 Å². The number of benzene rings is 2. The molecule has 4 nitrogen and oxygen atoms in total. The molecule has 0 radical (unpaired) electrons. The predicted octanol–water partition coefficient (Wildman–Crippen LogP) is 3.27. The highest BCUT2D eigenvalue weighted by molar-refractivity contribution is 14.1. The number of nitrogens with zero attached hydrogens (tertiary/aromatic N) is 2. The summed E-state index contributed by atoms with van der Waals surface area (Å²) < 4.78 is 1.10. The molecule has 0 spiro atoms. The van der Waals surface area contributed by atoms with Gasteiger partial charge in [-0.15, -0.1) is 5.10 Å². The van der Waals surface area contributed by atoms with Gasteiger partial charge >= 0.3 is 0 Å². The number of hydrogen-bond acceptors (Lipinski definition) is 3. The van der Waals surface area contributed by atoms with Crippen LogP contribution in [0.3, 0.4) is 0 Å². The van der Waals surface area contributed by atoms with Gasteiger partial charge in [-0.3, -0.25) is 0 Å². The van der Waals surface area contributed by atoms with Crippen molar-refractivity contribution < 1.29 is 9.90 Å². The summed E-state index contributed by atoms with van der Waals surface area (Å²) in [6.45, 7) is 0. The van der Waals surface area contributed by atoms with Gasteiger partial charge in [-0.25, -0.2) is 5.01 Å². The van der Waals surface area contributed by atoms with Crippen LogP contribution >= 0.6 is 22.6 Å². The molecule has 0 bridgehead atoms. The molecule has 1 unspecified atom stereocenters. The average Bonchev–Trinajstić information content (AvgIpc) is 2.48. The molecule has 0 aromatic heterocycles. The Balaban J connectivity index is 2.11. The summed E-state index contributed by atoms with van der Waals surface area (Å²) >= 11 is 2.21. The van der Waals surface area contributed by atoms with Crippen molar-refractivity contribution in [1.82, 2.24) is 0 Å². The van der Waals surface area contributed by atoms with Gasteiger partial charge in [0.25, 0.3) is 0 Å². The van der Waals surface area contributed by atoms with Crippen molar-refractivity contribution in [2.75, 3.05) is 5.01 Å². The first kappa shape index (κ1) is 13.1. The lowest BCUT2D eigenvalue weighted by molar-refractivity contribution is -0.109. The first-order valence-corrected chi connectivity index (χ1v) is 7.15. The van der Waals surface area contributed by atoms with Crippen LogP contribution in [0.4, 0.5) is 5.69 Å². The van der Waals surface area contributed by atoms with Crippen LogP contribution < -0.4 is 5.01 Å². The number of carbonyl (C=O) groups excluding carboxylic acids is 1. The standard InChI is InChI=1S/C15H11IN2O2/c16-10-5-7-11(8-6-10)18-14(9-19)12-3-1-2-4-13(12)15(20)17-18/h1-9,14H,(H,17,20). The second-order valence-electron chi connectivity index (χ2n) is 4.41. The number of aldehydes is 1. The van der Waals surface area contributed by atoms with E-state index in [2.05, 4.69) is 27.7 Å². The van der Waals surface area contributed by atoms with Gasteiger partial charge in [0.15, 0.2) is 0 Å². The largest absolute Gasteiger partial charge is 0.492 e. The van der Waals surface area contributed by atoms with Gasteiger partial charge in [0.1, 0.15) is 12.3 Å². The third-order valence-corrected chi connectivity index (χ3v) is 3.93. The normalized spacial score (nSPS) is 17.4. The summed E-state index contributed by atoms with van der Waals surface area (Å²) in [4.78, 5) is 11.5. The van der Waals surface area contributed by atoms with Crippen LogP contribution in [0.2, 0.25) is 0 Å². The Hall–Kier alpha value is -1.89. The fourth-order valence-electron chi connectivity index (χ4n) is 2.25. The highest BCUT2D eigenvalue weighted by atomic mass is 127. The Labute approximate surface area is 129 Å². The van der Waals surface area contributed by atoms with Crippen LogP contribution in [0, 0.1) is 3.57 Å². The highest BCUT2D eigenvalue weighted by Gasteiger charge is 2.29. The Bertz CT molecular complexity index is 683. The molecule has 0 amide bonds. The van der Waals surface area contributed by atoms with E-state index in [4.69, 9.17) is 0 Å². The van der Waals surface area contributed by atoms with Crippen LogP contribution in [-0.2, 0) is 4.79 Å². The third-order valence-electron chi connectivity index (χ3n) is 3.21. The van der Waals surface area contributed by atoms with E-state index in [1.807, 2.05) is 42.5 Å². The topological polar surface area (TPSA) is 52.9 Å². The van der Waals surface area contributed by atoms with Crippen molar-refractivity contribution in [2.24, 2.45) is 5.10 Å². The van der Waals surface area contributed by atoms with Crippen molar-refractivity contribution in [3.8, 4) is 0 Å². The van der Waals surface area contributed by atoms with E-state index in [1.165, 1.54) is 0 Å². The molecule has 3 rings (SSSR count). The number of carbonyl (C=O) groups is 1. The zero-order valence-corrected chi connectivity index (χ0v) is 12.6. The maximum atomic E-state index is 11.5. The maximum absolute atomic E-state index is 11.5. The molecule has 1 aliphatic rings. The molecular formula is C15H11IN2O2. The van der Waals surface area contributed by atoms with E-state index in [0.717, 1.165) is 21.1 Å². The fourth-order valence-corrected chi connectivity index (χ4v) is 2.61. The zero-order valence-electron chi connectivity index (χ0n) is 10.4. The zero-order chi connectivity index (χ0) is 14.1. The Morgan fingerprint density at radius 1 is 1.15 bits per heavy atom. The number of aliphatic hydroxyl groups excluding tert-OH is 1. The number of anilines is 1. The maximum Gasteiger partial charge on any atom is 0.236 e.